The zero-order valence-corrected chi connectivity index (χ0v) is 30.6. The molecule has 3 heterocycles. The van der Waals surface area contributed by atoms with Gasteiger partial charge in [0.05, 0.1) is 5.69 Å². The van der Waals surface area contributed by atoms with E-state index in [1.807, 2.05) is 6.07 Å². The van der Waals surface area contributed by atoms with Crippen molar-refractivity contribution in [2.45, 2.75) is 13.8 Å². The van der Waals surface area contributed by atoms with E-state index in [0.29, 0.717) is 0 Å². The maximum Gasteiger partial charge on any atom is 0.252 e. The summed E-state index contributed by atoms with van der Waals surface area (Å²) in [6.07, 6.45) is 0. The number of aryl methyl sites for hydroxylation is 2. The molecule has 0 spiro atoms. The average molecular weight is 706 g/mol. The van der Waals surface area contributed by atoms with Gasteiger partial charge in [-0.3, -0.25) is 0 Å². The molecular formula is C50H36BN3O. The molecule has 4 nitrogen and oxygen atoms in total. The molecule has 0 fully saturated rings. The van der Waals surface area contributed by atoms with Crippen LogP contribution in [-0.4, -0.2) is 6.71 Å². The molecule has 0 atom stereocenters. The first kappa shape index (κ1) is 31.5. The molecule has 0 radical (unpaired) electrons. The predicted molar refractivity (Wildman–Crippen MR) is 232 cm³/mol. The molecule has 0 aliphatic carbocycles. The van der Waals surface area contributed by atoms with Crippen molar-refractivity contribution in [1.82, 2.24) is 0 Å². The molecule has 11 rings (SSSR count). The van der Waals surface area contributed by atoms with Crippen molar-refractivity contribution < 1.29 is 4.42 Å². The van der Waals surface area contributed by atoms with E-state index in [4.69, 9.17) is 4.42 Å². The van der Waals surface area contributed by atoms with Crippen LogP contribution < -0.4 is 31.1 Å². The van der Waals surface area contributed by atoms with Crippen LogP contribution in [0.5, 0.6) is 0 Å². The summed E-state index contributed by atoms with van der Waals surface area (Å²) in [6, 6.07) is 66.0. The van der Waals surface area contributed by atoms with Crippen LogP contribution in [0.25, 0.3) is 21.9 Å². The molecule has 0 saturated carbocycles. The standard InChI is InChI=1S/C50H36BN3O/c1-33-23-26-37(27-24-33)53-43-30-25-34(2)31-42(43)51-41-29-28-38(32-47(41)54(36-15-7-4-8-16-36)45-20-12-19-44(53)49(45)51)52(35-13-5-3-6-14-35)46-21-11-18-40-39-17-9-10-22-48(39)55-50(40)46/h3-32H,1-2H3. The van der Waals surface area contributed by atoms with Gasteiger partial charge in [-0.1, -0.05) is 114 Å². The molecule has 0 bridgehead atoms. The van der Waals surface area contributed by atoms with Gasteiger partial charge in [0.2, 0.25) is 0 Å². The minimum atomic E-state index is 0.0378. The van der Waals surface area contributed by atoms with Crippen LogP contribution in [0.2, 0.25) is 0 Å². The molecule has 9 aromatic rings. The maximum absolute atomic E-state index is 6.66. The summed E-state index contributed by atoms with van der Waals surface area (Å²) in [7, 11) is 0. The predicted octanol–water partition coefficient (Wildman–Crippen LogP) is 11.8. The summed E-state index contributed by atoms with van der Waals surface area (Å²) in [6.45, 7) is 4.39. The van der Waals surface area contributed by atoms with Crippen LogP contribution in [-0.2, 0) is 0 Å². The van der Waals surface area contributed by atoms with Crippen molar-refractivity contribution in [2.24, 2.45) is 0 Å². The Morgan fingerprint density at radius 3 is 1.91 bits per heavy atom. The van der Waals surface area contributed by atoms with Crippen LogP contribution in [0.4, 0.5) is 51.2 Å². The molecule has 2 aliphatic rings. The Bertz CT molecular complexity index is 2920. The third-order valence-electron chi connectivity index (χ3n) is 11.3. The number of rotatable bonds is 5. The quantitative estimate of drug-likeness (QED) is 0.166. The molecule has 260 valence electrons. The van der Waals surface area contributed by atoms with E-state index in [1.54, 1.807) is 0 Å². The number of benzene rings is 8. The lowest BCUT2D eigenvalue weighted by Gasteiger charge is -2.44. The number of fused-ring (bicyclic) bond motifs is 7. The number of para-hydroxylation sites is 4. The first-order chi connectivity index (χ1) is 27.1. The summed E-state index contributed by atoms with van der Waals surface area (Å²) in [4.78, 5) is 7.27. The molecule has 0 saturated heterocycles. The molecule has 1 aromatic heterocycles. The lowest BCUT2D eigenvalue weighted by molar-refractivity contribution is 0.669. The van der Waals surface area contributed by atoms with Crippen molar-refractivity contribution in [3.8, 4) is 0 Å². The summed E-state index contributed by atoms with van der Waals surface area (Å²) in [5.74, 6) is 0. The fourth-order valence-electron chi connectivity index (χ4n) is 8.92. The summed E-state index contributed by atoms with van der Waals surface area (Å²) < 4.78 is 6.66. The highest BCUT2D eigenvalue weighted by Gasteiger charge is 2.43. The molecule has 0 unspecified atom stereocenters. The Morgan fingerprint density at radius 1 is 0.455 bits per heavy atom. The molecule has 8 aromatic carbocycles. The summed E-state index contributed by atoms with van der Waals surface area (Å²) >= 11 is 0. The van der Waals surface area contributed by atoms with Gasteiger partial charge in [0.25, 0.3) is 6.71 Å². The van der Waals surface area contributed by atoms with Crippen LogP contribution >= 0.6 is 0 Å². The molecule has 55 heavy (non-hydrogen) atoms. The topological polar surface area (TPSA) is 22.9 Å². The third-order valence-corrected chi connectivity index (χ3v) is 11.3. The number of furan rings is 1. The van der Waals surface area contributed by atoms with Gasteiger partial charge in [-0.15, -0.1) is 0 Å². The monoisotopic (exact) mass is 705 g/mol. The Balaban J connectivity index is 1.18. The number of hydrogen-bond donors (Lipinski definition) is 0. The largest absolute Gasteiger partial charge is 0.454 e. The highest BCUT2D eigenvalue weighted by atomic mass is 16.3. The first-order valence-corrected chi connectivity index (χ1v) is 19.0. The normalized spacial score (nSPS) is 12.8. The molecule has 2 aliphatic heterocycles. The summed E-state index contributed by atoms with van der Waals surface area (Å²) in [5, 5.41) is 2.22. The van der Waals surface area contributed by atoms with Crippen molar-refractivity contribution in [1.29, 1.82) is 0 Å². The van der Waals surface area contributed by atoms with E-state index in [9.17, 15) is 0 Å². The third kappa shape index (κ3) is 4.86. The second kappa shape index (κ2) is 12.3. The lowest BCUT2D eigenvalue weighted by Crippen LogP contribution is -2.61. The highest BCUT2D eigenvalue weighted by molar-refractivity contribution is 7.00. The van der Waals surface area contributed by atoms with Gasteiger partial charge in [0.15, 0.2) is 5.58 Å². The molecule has 5 heteroatoms. The smallest absolute Gasteiger partial charge is 0.252 e. The van der Waals surface area contributed by atoms with Crippen molar-refractivity contribution >= 4 is 96.2 Å². The highest BCUT2D eigenvalue weighted by Crippen LogP contribution is 2.47. The van der Waals surface area contributed by atoms with E-state index >= 15 is 0 Å². The van der Waals surface area contributed by atoms with Crippen LogP contribution in [0, 0.1) is 13.8 Å². The molecular weight excluding hydrogens is 669 g/mol. The Morgan fingerprint density at radius 2 is 1.11 bits per heavy atom. The molecule has 0 amide bonds. The van der Waals surface area contributed by atoms with Crippen LogP contribution in [0.3, 0.4) is 0 Å². The Hall–Kier alpha value is -6.98. The van der Waals surface area contributed by atoms with Crippen molar-refractivity contribution in [2.75, 3.05) is 14.7 Å². The average Bonchev–Trinajstić information content (AvgIpc) is 3.62. The fourth-order valence-corrected chi connectivity index (χ4v) is 8.92. The van der Waals surface area contributed by atoms with E-state index in [2.05, 4.69) is 204 Å². The van der Waals surface area contributed by atoms with E-state index in [-0.39, 0.29) is 6.71 Å². The van der Waals surface area contributed by atoms with Crippen LogP contribution in [0.15, 0.2) is 186 Å². The SMILES string of the molecule is Cc1ccc(N2c3ccc(C)cc3B3c4ccc(N(c5ccccc5)c5cccc6c5oc5ccccc56)cc4N(c4ccccc4)c4cccc2c43)cc1. The van der Waals surface area contributed by atoms with Gasteiger partial charge in [0.1, 0.15) is 5.58 Å². The minimum absolute atomic E-state index is 0.0378. The number of nitrogens with zero attached hydrogens (tertiary/aromatic N) is 3. The second-order valence-electron chi connectivity index (χ2n) is 14.7. The molecule has 0 N–H and O–H groups in total. The second-order valence-corrected chi connectivity index (χ2v) is 14.7. The Kier molecular flexibility index (Phi) is 7.05. The van der Waals surface area contributed by atoms with Gasteiger partial charge in [-0.05, 0) is 109 Å². The van der Waals surface area contributed by atoms with Gasteiger partial charge in [0, 0.05) is 56.3 Å². The van der Waals surface area contributed by atoms with Crippen molar-refractivity contribution in [3.63, 3.8) is 0 Å². The lowest BCUT2D eigenvalue weighted by atomic mass is 9.33. The van der Waals surface area contributed by atoms with Gasteiger partial charge in [-0.2, -0.15) is 0 Å². The minimum Gasteiger partial charge on any atom is -0.454 e. The van der Waals surface area contributed by atoms with E-state index in [1.165, 1.54) is 44.6 Å². The Labute approximate surface area is 321 Å². The maximum atomic E-state index is 6.66. The summed E-state index contributed by atoms with van der Waals surface area (Å²) in [5.41, 5.74) is 18.3. The van der Waals surface area contributed by atoms with Crippen molar-refractivity contribution in [3.05, 3.63) is 193 Å². The number of hydrogen-bond acceptors (Lipinski definition) is 4. The van der Waals surface area contributed by atoms with Crippen LogP contribution in [0.1, 0.15) is 11.1 Å². The van der Waals surface area contributed by atoms with E-state index in [0.717, 1.165) is 56.1 Å². The van der Waals surface area contributed by atoms with Gasteiger partial charge >= 0.3 is 0 Å². The number of anilines is 9. The zero-order chi connectivity index (χ0) is 36.6. The first-order valence-electron chi connectivity index (χ1n) is 19.0. The fraction of sp³-hybridized carbons (Fsp3) is 0.0400. The van der Waals surface area contributed by atoms with E-state index < -0.39 is 0 Å². The zero-order valence-electron chi connectivity index (χ0n) is 30.6. The van der Waals surface area contributed by atoms with Gasteiger partial charge in [-0.25, -0.2) is 0 Å². The van der Waals surface area contributed by atoms with Gasteiger partial charge < -0.3 is 19.1 Å².